The second kappa shape index (κ2) is 15.5. The molecule has 1 N–H and O–H groups in total. The second-order valence-electron chi connectivity index (χ2n) is 13.0. The third-order valence-corrected chi connectivity index (χ3v) is 10.6. The number of hydrogen-bond acceptors (Lipinski definition) is 2. The van der Waals surface area contributed by atoms with Crippen LogP contribution in [0.5, 0.6) is 0 Å². The molecule has 0 saturated carbocycles. The molecule has 0 aromatic heterocycles. The van der Waals surface area contributed by atoms with Gasteiger partial charge in [0, 0.05) is 23.3 Å². The van der Waals surface area contributed by atoms with E-state index in [-0.39, 0.29) is 0 Å². The quantitative estimate of drug-likeness (QED) is 0.127. The lowest BCUT2D eigenvalue weighted by atomic mass is 9.92. The minimum Gasteiger partial charge on any atom is -0.359 e. The van der Waals surface area contributed by atoms with Gasteiger partial charge in [-0.15, -0.1) is 0 Å². The molecule has 0 aliphatic heterocycles. The Bertz CT molecular complexity index is 1470. The molecule has 0 saturated heterocycles. The van der Waals surface area contributed by atoms with Gasteiger partial charge in [-0.25, -0.2) is 0 Å². The van der Waals surface area contributed by atoms with Crippen molar-refractivity contribution in [3.05, 3.63) is 131 Å². The lowest BCUT2D eigenvalue weighted by Crippen LogP contribution is -2.18. The van der Waals surface area contributed by atoms with Crippen LogP contribution in [0.1, 0.15) is 108 Å². The average molecular weight is 603 g/mol. The van der Waals surface area contributed by atoms with Crippen molar-refractivity contribution in [2.24, 2.45) is 4.99 Å². The smallest absolute Gasteiger partial charge is 0.0702 e. The summed E-state index contributed by atoms with van der Waals surface area (Å²) in [5.41, 5.74) is 9.92. The Kier molecular flexibility index (Phi) is 11.8. The minimum atomic E-state index is -0.662. The molecular weight excluding hydrogens is 551 g/mol. The van der Waals surface area contributed by atoms with Crippen molar-refractivity contribution >= 4 is 35.6 Å². The molecule has 4 rings (SSSR count). The number of anilines is 1. The van der Waals surface area contributed by atoms with Crippen LogP contribution in [-0.2, 0) is 0 Å². The van der Waals surface area contributed by atoms with Crippen molar-refractivity contribution in [2.75, 3.05) is 11.5 Å². The van der Waals surface area contributed by atoms with E-state index in [1.54, 1.807) is 0 Å². The van der Waals surface area contributed by atoms with Gasteiger partial charge in [0.15, 0.2) is 0 Å². The lowest BCUT2D eigenvalue weighted by molar-refractivity contribution is 0.834. The van der Waals surface area contributed by atoms with Crippen LogP contribution in [0.4, 0.5) is 11.4 Å². The molecule has 4 aromatic rings. The third-order valence-electron chi connectivity index (χ3n) is 8.13. The molecule has 230 valence electrons. The molecular formula is C41H51N2P. The van der Waals surface area contributed by atoms with Crippen LogP contribution in [0, 0.1) is 0 Å². The summed E-state index contributed by atoms with van der Waals surface area (Å²) in [6, 6.07) is 35.4. The van der Waals surface area contributed by atoms with Crippen molar-refractivity contribution in [3.63, 3.8) is 0 Å². The van der Waals surface area contributed by atoms with E-state index in [2.05, 4.69) is 171 Å². The molecule has 0 aliphatic carbocycles. The third kappa shape index (κ3) is 8.36. The molecule has 0 fully saturated rings. The topological polar surface area (TPSA) is 24.4 Å². The molecule has 4 aromatic carbocycles. The van der Waals surface area contributed by atoms with Gasteiger partial charge in [0.1, 0.15) is 0 Å². The molecule has 44 heavy (non-hydrogen) atoms. The zero-order valence-corrected chi connectivity index (χ0v) is 29.1. The van der Waals surface area contributed by atoms with Crippen molar-refractivity contribution in [1.82, 2.24) is 0 Å². The molecule has 0 unspecified atom stereocenters. The number of nitrogens with zero attached hydrogens (tertiary/aromatic N) is 1. The number of para-hydroxylation sites is 2. The van der Waals surface area contributed by atoms with Gasteiger partial charge in [-0.05, 0) is 77.5 Å². The van der Waals surface area contributed by atoms with E-state index in [4.69, 9.17) is 4.99 Å². The Hall–Kier alpha value is -3.48. The van der Waals surface area contributed by atoms with Crippen LogP contribution >= 0.6 is 7.92 Å². The molecule has 0 heterocycles. The summed E-state index contributed by atoms with van der Waals surface area (Å²) in [5.74, 6) is 1.61. The first-order chi connectivity index (χ1) is 21.1. The summed E-state index contributed by atoms with van der Waals surface area (Å²) < 4.78 is 0. The Balaban J connectivity index is 1.90. The van der Waals surface area contributed by atoms with Crippen LogP contribution in [0.2, 0.25) is 0 Å². The van der Waals surface area contributed by atoms with Gasteiger partial charge in [-0.2, -0.15) is 0 Å². The molecule has 0 radical (unpaired) electrons. The van der Waals surface area contributed by atoms with Crippen LogP contribution in [0.15, 0.2) is 114 Å². The second-order valence-corrected chi connectivity index (χ2v) is 15.2. The Morgan fingerprint density at radius 3 is 1.41 bits per heavy atom. The van der Waals surface area contributed by atoms with Crippen molar-refractivity contribution in [3.8, 4) is 0 Å². The predicted molar refractivity (Wildman–Crippen MR) is 198 cm³/mol. The summed E-state index contributed by atoms with van der Waals surface area (Å²) in [5, 5.41) is 6.61. The Labute approximate surface area is 268 Å². The normalized spacial score (nSPS) is 12.7. The van der Waals surface area contributed by atoms with Gasteiger partial charge in [-0.1, -0.05) is 152 Å². The highest BCUT2D eigenvalue weighted by Crippen LogP contribution is 2.39. The SMILES string of the molecule is C/C(=C\C(CP(c1ccccc1)c1ccccc1)=Nc1c(C(C)C)cccc1C(C)C)Nc1c(C(C)C)cccc1C(C)C. The molecule has 0 amide bonds. The van der Waals surface area contributed by atoms with E-state index < -0.39 is 7.92 Å². The monoisotopic (exact) mass is 602 g/mol. The first kappa shape index (κ1) is 33.4. The maximum Gasteiger partial charge on any atom is 0.0702 e. The van der Waals surface area contributed by atoms with E-state index in [0.717, 1.165) is 23.3 Å². The lowest BCUT2D eigenvalue weighted by Gasteiger charge is -2.23. The van der Waals surface area contributed by atoms with Crippen molar-refractivity contribution < 1.29 is 0 Å². The summed E-state index contributed by atoms with van der Waals surface area (Å²) >= 11 is 0. The summed E-state index contributed by atoms with van der Waals surface area (Å²) in [4.78, 5) is 5.60. The standard InChI is InChI=1S/C41H51N2P/c1-28(2)36-22-16-23-37(29(3)4)40(36)42-32(9)26-33(43-41-38(30(5)6)24-17-25-39(41)31(7)8)27-44(34-18-12-10-13-19-34)35-20-14-11-15-21-35/h10-26,28-31,42H,27H2,1-9H3/b32-26+,43-33?. The van der Waals surface area contributed by atoms with E-state index in [1.165, 1.54) is 38.6 Å². The zero-order chi connectivity index (χ0) is 31.8. The minimum absolute atomic E-state index is 0.383. The fourth-order valence-electron chi connectivity index (χ4n) is 5.79. The number of rotatable bonds is 12. The van der Waals surface area contributed by atoms with Gasteiger partial charge in [-0.3, -0.25) is 4.99 Å². The largest absolute Gasteiger partial charge is 0.359 e. The first-order valence-electron chi connectivity index (χ1n) is 16.2. The zero-order valence-electron chi connectivity index (χ0n) is 28.2. The van der Waals surface area contributed by atoms with Gasteiger partial charge in [0.05, 0.1) is 5.69 Å². The van der Waals surface area contributed by atoms with Crippen LogP contribution < -0.4 is 15.9 Å². The van der Waals surface area contributed by atoms with Crippen LogP contribution in [0.25, 0.3) is 0 Å². The van der Waals surface area contributed by atoms with E-state index in [0.29, 0.717) is 23.7 Å². The summed E-state index contributed by atoms with van der Waals surface area (Å²) in [6.45, 7) is 20.4. The van der Waals surface area contributed by atoms with Crippen molar-refractivity contribution in [2.45, 2.75) is 86.0 Å². The maximum atomic E-state index is 5.60. The number of aliphatic imine (C=N–C) groups is 1. The molecule has 2 nitrogen and oxygen atoms in total. The van der Waals surface area contributed by atoms with Crippen LogP contribution in [0.3, 0.4) is 0 Å². The van der Waals surface area contributed by atoms with E-state index in [1.807, 2.05) is 0 Å². The number of hydrogen-bond donors (Lipinski definition) is 1. The van der Waals surface area contributed by atoms with Gasteiger partial charge in [0.2, 0.25) is 0 Å². The molecule has 0 bridgehead atoms. The average Bonchev–Trinajstić information content (AvgIpc) is 3.00. The number of benzene rings is 4. The first-order valence-corrected chi connectivity index (χ1v) is 17.8. The molecule has 0 atom stereocenters. The van der Waals surface area contributed by atoms with Crippen LogP contribution in [-0.4, -0.2) is 11.9 Å². The highest BCUT2D eigenvalue weighted by Gasteiger charge is 2.20. The van der Waals surface area contributed by atoms with E-state index >= 15 is 0 Å². The maximum absolute atomic E-state index is 5.60. The van der Waals surface area contributed by atoms with Gasteiger partial charge >= 0.3 is 0 Å². The highest BCUT2D eigenvalue weighted by molar-refractivity contribution is 7.73. The predicted octanol–water partition coefficient (Wildman–Crippen LogP) is 11.4. The Morgan fingerprint density at radius 2 is 1.00 bits per heavy atom. The fraction of sp³-hybridized carbons (Fsp3) is 0.341. The number of nitrogens with one attached hydrogen (secondary N) is 1. The summed E-state index contributed by atoms with van der Waals surface area (Å²) in [7, 11) is -0.662. The summed E-state index contributed by atoms with van der Waals surface area (Å²) in [6.07, 6.45) is 3.17. The van der Waals surface area contributed by atoms with Gasteiger partial charge < -0.3 is 5.32 Å². The van der Waals surface area contributed by atoms with Crippen molar-refractivity contribution in [1.29, 1.82) is 0 Å². The molecule has 0 spiro atoms. The number of allylic oxidation sites excluding steroid dienone is 2. The van der Waals surface area contributed by atoms with E-state index in [9.17, 15) is 0 Å². The van der Waals surface area contributed by atoms with Gasteiger partial charge in [0.25, 0.3) is 0 Å². The molecule has 3 heteroatoms. The fourth-order valence-corrected chi connectivity index (χ4v) is 8.00. The highest BCUT2D eigenvalue weighted by atomic mass is 31.1. The Morgan fingerprint density at radius 1 is 0.591 bits per heavy atom. The molecule has 0 aliphatic rings.